The van der Waals surface area contributed by atoms with Gasteiger partial charge in [-0.15, -0.1) is 0 Å². The highest BCUT2D eigenvalue weighted by atomic mass is 35.5. The maximum atomic E-state index is 16.7. The van der Waals surface area contributed by atoms with E-state index in [1.165, 1.54) is 6.08 Å². The fraction of sp³-hybridized carbons (Fsp3) is 0.355. The Bertz CT molecular complexity index is 1740. The van der Waals surface area contributed by atoms with Crippen molar-refractivity contribution < 1.29 is 18.3 Å². The number of rotatable bonds is 7. The highest BCUT2D eigenvalue weighted by molar-refractivity contribution is 6.34. The minimum atomic E-state index is -0.724. The summed E-state index contributed by atoms with van der Waals surface area (Å²) in [6, 6.07) is 8.46. The number of aldehydes is 1. The maximum Gasteiger partial charge on any atom is 0.319 e. The molecule has 6 rings (SSSR count). The Morgan fingerprint density at radius 2 is 1.88 bits per heavy atom. The van der Waals surface area contributed by atoms with E-state index in [9.17, 15) is 9.18 Å². The number of allylic oxidation sites excluding steroid dienone is 1. The molecule has 4 heterocycles. The lowest BCUT2D eigenvalue weighted by molar-refractivity contribution is -0.104. The van der Waals surface area contributed by atoms with Crippen molar-refractivity contribution >= 4 is 51.2 Å². The molecule has 4 aromatic rings. The molecule has 224 valence electrons. The summed E-state index contributed by atoms with van der Waals surface area (Å²) in [4.78, 5) is 30.7. The van der Waals surface area contributed by atoms with Crippen molar-refractivity contribution in [3.63, 3.8) is 0 Å². The van der Waals surface area contributed by atoms with E-state index in [2.05, 4.69) is 19.8 Å². The zero-order chi connectivity index (χ0) is 30.2. The van der Waals surface area contributed by atoms with Crippen molar-refractivity contribution in [1.82, 2.24) is 24.8 Å². The minimum Gasteiger partial charge on any atom is -0.462 e. The second-order valence-electron chi connectivity index (χ2n) is 11.1. The van der Waals surface area contributed by atoms with Gasteiger partial charge in [-0.05, 0) is 45.5 Å². The molecule has 0 radical (unpaired) electrons. The van der Waals surface area contributed by atoms with Crippen LogP contribution >= 0.6 is 11.6 Å². The van der Waals surface area contributed by atoms with Crippen molar-refractivity contribution in [2.75, 3.05) is 50.5 Å². The van der Waals surface area contributed by atoms with E-state index < -0.39 is 11.6 Å². The Morgan fingerprint density at radius 1 is 1.09 bits per heavy atom. The van der Waals surface area contributed by atoms with Gasteiger partial charge in [0.05, 0.1) is 16.3 Å². The van der Waals surface area contributed by atoms with Crippen LogP contribution in [-0.2, 0) is 4.79 Å². The molecule has 2 fully saturated rings. The number of hydrogen-bond donors (Lipinski definition) is 1. The van der Waals surface area contributed by atoms with Crippen LogP contribution in [0.15, 0.2) is 42.6 Å². The number of hydrogen-bond acceptors (Lipinski definition) is 9. The number of ether oxygens (including phenoxy) is 1. The summed E-state index contributed by atoms with van der Waals surface area (Å²) in [5.74, 6) is -1.26. The Morgan fingerprint density at radius 3 is 2.60 bits per heavy atom. The molecule has 2 N–H and O–H groups in total. The summed E-state index contributed by atoms with van der Waals surface area (Å²) in [6.07, 6.45) is 6.04. The number of benzene rings is 2. The molecular formula is C31H32ClF2N7O2. The molecule has 0 unspecified atom stereocenters. The Kier molecular flexibility index (Phi) is 8.02. The number of likely N-dealkylation sites (N-methyl/N-ethyl adjacent to an activating group) is 1. The molecule has 2 saturated heterocycles. The van der Waals surface area contributed by atoms with E-state index in [1.807, 2.05) is 18.9 Å². The molecule has 0 amide bonds. The third-order valence-electron chi connectivity index (χ3n) is 8.34. The number of piperazine rings is 1. The van der Waals surface area contributed by atoms with E-state index in [0.717, 1.165) is 25.7 Å². The summed E-state index contributed by atoms with van der Waals surface area (Å²) in [7, 11) is 2.05. The SMILES string of the molecule is C[C@H]1CN(C=CC=O)CCN1c1nc(OC[C@@H]2CCCN2C)nc2c(F)c(-c3nc(N)c(F)c4ccccc34)c(Cl)cc12. The lowest BCUT2D eigenvalue weighted by atomic mass is 10.0. The van der Waals surface area contributed by atoms with E-state index in [0.29, 0.717) is 42.8 Å². The van der Waals surface area contributed by atoms with Crippen LogP contribution < -0.4 is 15.4 Å². The third-order valence-corrected chi connectivity index (χ3v) is 8.64. The van der Waals surface area contributed by atoms with Crippen molar-refractivity contribution in [3.05, 3.63) is 59.3 Å². The zero-order valence-electron chi connectivity index (χ0n) is 23.9. The summed E-state index contributed by atoms with van der Waals surface area (Å²) in [5.41, 5.74) is 6.03. The molecule has 9 nitrogen and oxygen atoms in total. The largest absolute Gasteiger partial charge is 0.462 e. The molecule has 2 aromatic heterocycles. The van der Waals surface area contributed by atoms with Gasteiger partial charge in [-0.2, -0.15) is 9.97 Å². The van der Waals surface area contributed by atoms with Gasteiger partial charge in [0, 0.05) is 54.1 Å². The topological polar surface area (TPSA) is 101 Å². The predicted molar refractivity (Wildman–Crippen MR) is 164 cm³/mol. The molecule has 2 aliphatic rings. The number of halogens is 3. The number of aromatic nitrogens is 3. The summed E-state index contributed by atoms with van der Waals surface area (Å²) < 4.78 is 37.7. The molecule has 12 heteroatoms. The van der Waals surface area contributed by atoms with Gasteiger partial charge in [-0.3, -0.25) is 4.79 Å². The second-order valence-corrected chi connectivity index (χ2v) is 11.5. The number of carbonyl (C=O) groups is 1. The van der Waals surface area contributed by atoms with Crippen molar-refractivity contribution in [3.8, 4) is 17.3 Å². The molecule has 0 aliphatic carbocycles. The fourth-order valence-electron chi connectivity index (χ4n) is 6.05. The average Bonchev–Trinajstić information content (AvgIpc) is 3.42. The van der Waals surface area contributed by atoms with Crippen LogP contribution in [0.25, 0.3) is 32.9 Å². The first-order chi connectivity index (χ1) is 20.8. The highest BCUT2D eigenvalue weighted by Crippen LogP contribution is 2.41. The van der Waals surface area contributed by atoms with Gasteiger partial charge < -0.3 is 25.2 Å². The third kappa shape index (κ3) is 5.43. The molecule has 2 atom stereocenters. The number of nitrogen functional groups attached to an aromatic ring is 1. The van der Waals surface area contributed by atoms with Gasteiger partial charge in [0.1, 0.15) is 24.2 Å². The van der Waals surface area contributed by atoms with Gasteiger partial charge >= 0.3 is 6.01 Å². The van der Waals surface area contributed by atoms with Crippen LogP contribution in [0, 0.1) is 11.6 Å². The second kappa shape index (κ2) is 11.9. The number of pyridine rings is 1. The number of nitrogens with two attached hydrogens (primary N) is 1. The summed E-state index contributed by atoms with van der Waals surface area (Å²) >= 11 is 6.79. The van der Waals surface area contributed by atoms with E-state index in [-0.39, 0.29) is 51.1 Å². The summed E-state index contributed by atoms with van der Waals surface area (Å²) in [6.45, 7) is 5.19. The average molecular weight is 608 g/mol. The first-order valence-corrected chi connectivity index (χ1v) is 14.6. The fourth-order valence-corrected chi connectivity index (χ4v) is 6.33. The Hall–Kier alpha value is -4.09. The molecule has 43 heavy (non-hydrogen) atoms. The maximum absolute atomic E-state index is 16.7. The highest BCUT2D eigenvalue weighted by Gasteiger charge is 2.30. The van der Waals surface area contributed by atoms with Gasteiger partial charge in [-0.25, -0.2) is 13.8 Å². The Labute approximate surface area is 252 Å². The van der Waals surface area contributed by atoms with Crippen molar-refractivity contribution in [2.24, 2.45) is 0 Å². The van der Waals surface area contributed by atoms with Gasteiger partial charge in [0.15, 0.2) is 17.5 Å². The van der Waals surface area contributed by atoms with Gasteiger partial charge in [0.25, 0.3) is 0 Å². The normalized spacial score (nSPS) is 19.7. The lowest BCUT2D eigenvalue weighted by Crippen LogP contribution is -2.50. The van der Waals surface area contributed by atoms with Crippen LogP contribution in [-0.4, -0.2) is 83.0 Å². The van der Waals surface area contributed by atoms with Crippen LogP contribution in [0.4, 0.5) is 20.4 Å². The first kappa shape index (κ1) is 29.0. The number of likely N-dealkylation sites (tertiary alicyclic amines) is 1. The van der Waals surface area contributed by atoms with Gasteiger partial charge in [0.2, 0.25) is 0 Å². The first-order valence-electron chi connectivity index (χ1n) is 14.3. The molecule has 0 spiro atoms. The smallest absolute Gasteiger partial charge is 0.319 e. The van der Waals surface area contributed by atoms with Gasteiger partial charge in [-0.1, -0.05) is 35.9 Å². The summed E-state index contributed by atoms with van der Waals surface area (Å²) in [5, 5.41) is 1.07. The van der Waals surface area contributed by atoms with E-state index >= 15 is 4.39 Å². The van der Waals surface area contributed by atoms with Crippen molar-refractivity contribution in [1.29, 1.82) is 0 Å². The molecule has 0 saturated carbocycles. The molecule has 0 bridgehead atoms. The van der Waals surface area contributed by atoms with Crippen LogP contribution in [0.2, 0.25) is 5.02 Å². The van der Waals surface area contributed by atoms with E-state index in [1.54, 1.807) is 36.5 Å². The number of fused-ring (bicyclic) bond motifs is 2. The van der Waals surface area contributed by atoms with E-state index in [4.69, 9.17) is 27.1 Å². The quantitative estimate of drug-likeness (QED) is 0.228. The van der Waals surface area contributed by atoms with Crippen LogP contribution in [0.1, 0.15) is 19.8 Å². The zero-order valence-corrected chi connectivity index (χ0v) is 24.7. The molecule has 2 aromatic carbocycles. The number of nitrogens with zero attached hydrogens (tertiary/aromatic N) is 6. The van der Waals surface area contributed by atoms with Crippen LogP contribution in [0.3, 0.4) is 0 Å². The number of anilines is 2. The van der Waals surface area contributed by atoms with Crippen molar-refractivity contribution in [2.45, 2.75) is 31.8 Å². The standard InChI is InChI=1S/C31H32ClF2N7O2/c1-18-16-40(11-6-14-42)12-13-41(18)30-22-15-23(32)24(27-21-9-4-3-8-20(21)25(33)29(35)36-27)26(34)28(22)37-31(38-30)43-17-19-7-5-10-39(19)2/h3-4,6,8-9,11,14-15,18-19H,5,7,10,12-13,16-17H2,1-2H3,(H2,35,36)/t18-,19-/m0/s1. The Balaban J connectivity index is 1.50. The van der Waals surface area contributed by atoms with Crippen LogP contribution in [0.5, 0.6) is 6.01 Å². The number of carbonyl (C=O) groups excluding carboxylic acids is 1. The monoisotopic (exact) mass is 607 g/mol. The molecular weight excluding hydrogens is 576 g/mol. The predicted octanol–water partition coefficient (Wildman–Crippen LogP) is 5.05. The lowest BCUT2D eigenvalue weighted by Gasteiger charge is -2.40. The molecule has 2 aliphatic heterocycles. The minimum absolute atomic E-state index is 0.0171.